The van der Waals surface area contributed by atoms with Crippen molar-refractivity contribution in [3.63, 3.8) is 0 Å². The summed E-state index contributed by atoms with van der Waals surface area (Å²) in [7, 11) is 0. The van der Waals surface area contributed by atoms with Crippen LogP contribution in [0, 0.1) is 5.92 Å². The Balaban J connectivity index is 1.91. The summed E-state index contributed by atoms with van der Waals surface area (Å²) in [6, 6.07) is 16.3. The molecule has 6 heteroatoms. The van der Waals surface area contributed by atoms with Gasteiger partial charge in [0.05, 0.1) is 25.9 Å². The van der Waals surface area contributed by atoms with E-state index in [1.165, 1.54) is 11.0 Å². The summed E-state index contributed by atoms with van der Waals surface area (Å²) >= 11 is 0. The summed E-state index contributed by atoms with van der Waals surface area (Å²) in [5.74, 6) is -2.55. The standard InChI is InChI=1S/C26H29NO5/c1-18(2)20-9-11-21(12-10-20)24-23(22(29)13-8-19-6-4-3-5-7-19)25(30)26(31)27(24)14-16-32-17-15-28/h3-13,18,23-24,28H,14-17H2,1-2H3/b13-8+. The minimum Gasteiger partial charge on any atom is -0.394 e. The van der Waals surface area contributed by atoms with Crippen LogP contribution in [0.2, 0.25) is 0 Å². The van der Waals surface area contributed by atoms with E-state index in [9.17, 15) is 14.4 Å². The molecular weight excluding hydrogens is 406 g/mol. The van der Waals surface area contributed by atoms with Gasteiger partial charge < -0.3 is 14.7 Å². The van der Waals surface area contributed by atoms with Crippen molar-refractivity contribution in [1.82, 2.24) is 4.90 Å². The van der Waals surface area contributed by atoms with Crippen molar-refractivity contribution >= 4 is 23.5 Å². The number of ether oxygens (including phenoxy) is 1. The number of likely N-dealkylation sites (tertiary alicyclic amines) is 1. The molecule has 6 nitrogen and oxygen atoms in total. The lowest BCUT2D eigenvalue weighted by Gasteiger charge is -2.27. The van der Waals surface area contributed by atoms with E-state index in [4.69, 9.17) is 9.84 Å². The fourth-order valence-corrected chi connectivity index (χ4v) is 3.88. The van der Waals surface area contributed by atoms with Crippen molar-refractivity contribution < 1.29 is 24.2 Å². The van der Waals surface area contributed by atoms with Crippen LogP contribution in [0.4, 0.5) is 0 Å². The Morgan fingerprint density at radius 1 is 1.06 bits per heavy atom. The second-order valence-corrected chi connectivity index (χ2v) is 8.09. The molecule has 0 radical (unpaired) electrons. The van der Waals surface area contributed by atoms with Crippen molar-refractivity contribution in [3.8, 4) is 0 Å². The van der Waals surface area contributed by atoms with Gasteiger partial charge in [-0.3, -0.25) is 14.4 Å². The van der Waals surface area contributed by atoms with E-state index in [0.717, 1.165) is 16.7 Å². The Morgan fingerprint density at radius 3 is 2.38 bits per heavy atom. The lowest BCUT2D eigenvalue weighted by atomic mass is 9.88. The predicted molar refractivity (Wildman–Crippen MR) is 122 cm³/mol. The summed E-state index contributed by atoms with van der Waals surface area (Å²) < 4.78 is 5.31. The first-order valence-corrected chi connectivity index (χ1v) is 10.8. The average molecular weight is 436 g/mol. The normalized spacial score (nSPS) is 18.8. The Morgan fingerprint density at radius 2 is 1.75 bits per heavy atom. The topological polar surface area (TPSA) is 83.9 Å². The highest BCUT2D eigenvalue weighted by Gasteiger charge is 2.50. The van der Waals surface area contributed by atoms with Gasteiger partial charge in [-0.05, 0) is 28.7 Å². The molecule has 1 fully saturated rings. The minimum absolute atomic E-state index is 0.127. The number of Topliss-reactive ketones (excluding diaryl/α,β-unsaturated/α-hetero) is 1. The Hall–Kier alpha value is -3.09. The van der Waals surface area contributed by atoms with Gasteiger partial charge >= 0.3 is 0 Å². The van der Waals surface area contributed by atoms with Gasteiger partial charge in [-0.1, -0.05) is 74.5 Å². The van der Waals surface area contributed by atoms with Crippen LogP contribution in [-0.4, -0.2) is 53.8 Å². The smallest absolute Gasteiger partial charge is 0.291 e. The predicted octanol–water partition coefficient (Wildman–Crippen LogP) is 3.17. The molecule has 168 valence electrons. The Kier molecular flexibility index (Phi) is 8.09. The molecule has 0 saturated carbocycles. The summed E-state index contributed by atoms with van der Waals surface area (Å²) in [6.07, 6.45) is 3.04. The zero-order valence-electron chi connectivity index (χ0n) is 18.4. The number of allylic oxidation sites excluding steroid dienone is 1. The molecule has 1 saturated heterocycles. The van der Waals surface area contributed by atoms with Crippen LogP contribution < -0.4 is 0 Å². The van der Waals surface area contributed by atoms with Crippen LogP contribution in [0.1, 0.15) is 42.5 Å². The highest BCUT2D eigenvalue weighted by atomic mass is 16.5. The van der Waals surface area contributed by atoms with Gasteiger partial charge in [0.1, 0.15) is 5.92 Å². The highest BCUT2D eigenvalue weighted by Crippen LogP contribution is 2.37. The maximum atomic E-state index is 13.1. The first-order valence-electron chi connectivity index (χ1n) is 10.8. The minimum atomic E-state index is -1.11. The zero-order valence-corrected chi connectivity index (χ0v) is 18.4. The van der Waals surface area contributed by atoms with E-state index >= 15 is 0 Å². The fraction of sp³-hybridized carbons (Fsp3) is 0.346. The molecule has 0 aliphatic carbocycles. The molecule has 0 spiro atoms. The molecule has 2 atom stereocenters. The molecular formula is C26H29NO5. The molecule has 1 aliphatic rings. The highest BCUT2D eigenvalue weighted by molar-refractivity contribution is 6.43. The van der Waals surface area contributed by atoms with E-state index in [2.05, 4.69) is 13.8 Å². The van der Waals surface area contributed by atoms with Crippen LogP contribution in [0.15, 0.2) is 60.7 Å². The number of nitrogens with zero attached hydrogens (tertiary/aromatic N) is 1. The molecule has 0 bridgehead atoms. The van der Waals surface area contributed by atoms with Crippen molar-refractivity contribution in [2.45, 2.75) is 25.8 Å². The van der Waals surface area contributed by atoms with E-state index in [1.54, 1.807) is 6.08 Å². The van der Waals surface area contributed by atoms with Gasteiger partial charge in [-0.25, -0.2) is 0 Å². The van der Waals surface area contributed by atoms with Gasteiger partial charge in [0.2, 0.25) is 5.78 Å². The first-order chi connectivity index (χ1) is 15.4. The molecule has 1 aliphatic heterocycles. The molecule has 3 rings (SSSR count). The fourth-order valence-electron chi connectivity index (χ4n) is 3.88. The van der Waals surface area contributed by atoms with Gasteiger partial charge in [-0.2, -0.15) is 0 Å². The maximum absolute atomic E-state index is 13.1. The number of amides is 1. The summed E-state index contributed by atoms with van der Waals surface area (Å²) in [5.41, 5.74) is 2.71. The number of aliphatic hydroxyl groups excluding tert-OH is 1. The number of hydrogen-bond acceptors (Lipinski definition) is 5. The molecule has 1 amide bonds. The maximum Gasteiger partial charge on any atom is 0.291 e. The number of carbonyl (C=O) groups is 3. The van der Waals surface area contributed by atoms with Crippen molar-refractivity contribution in [3.05, 3.63) is 77.4 Å². The van der Waals surface area contributed by atoms with Crippen molar-refractivity contribution in [1.29, 1.82) is 0 Å². The van der Waals surface area contributed by atoms with Crippen molar-refractivity contribution in [2.24, 2.45) is 5.92 Å². The molecule has 32 heavy (non-hydrogen) atoms. The molecule has 2 aromatic carbocycles. The van der Waals surface area contributed by atoms with Gasteiger partial charge in [0.15, 0.2) is 5.78 Å². The van der Waals surface area contributed by atoms with Crippen LogP contribution >= 0.6 is 0 Å². The second-order valence-electron chi connectivity index (χ2n) is 8.09. The lowest BCUT2D eigenvalue weighted by molar-refractivity contribution is -0.142. The largest absolute Gasteiger partial charge is 0.394 e. The Bertz CT molecular complexity index is 965. The van der Waals surface area contributed by atoms with E-state index in [-0.39, 0.29) is 26.4 Å². The molecule has 2 aromatic rings. The SMILES string of the molecule is CC(C)c1ccc(C2C(C(=O)/C=C/c3ccccc3)C(=O)C(=O)N2CCOCCO)cc1. The monoisotopic (exact) mass is 435 g/mol. The average Bonchev–Trinajstić information content (AvgIpc) is 3.06. The first kappa shape index (κ1) is 23.6. The third kappa shape index (κ3) is 5.39. The molecule has 1 N–H and O–H groups in total. The Labute approximate surface area is 188 Å². The molecule has 2 unspecified atom stereocenters. The molecule has 0 aromatic heterocycles. The number of rotatable bonds is 10. The summed E-state index contributed by atoms with van der Waals surface area (Å²) in [6.45, 7) is 4.52. The molecule has 1 heterocycles. The van der Waals surface area contributed by atoms with E-state index in [1.807, 2.05) is 54.6 Å². The number of aliphatic hydroxyl groups is 1. The third-order valence-corrected chi connectivity index (χ3v) is 5.61. The summed E-state index contributed by atoms with van der Waals surface area (Å²) in [5, 5.41) is 8.91. The third-order valence-electron chi connectivity index (χ3n) is 5.61. The van der Waals surface area contributed by atoms with E-state index < -0.39 is 29.4 Å². The van der Waals surface area contributed by atoms with Gasteiger partial charge in [0.25, 0.3) is 5.91 Å². The number of ketones is 2. The van der Waals surface area contributed by atoms with Crippen LogP contribution in [-0.2, 0) is 19.1 Å². The summed E-state index contributed by atoms with van der Waals surface area (Å²) in [4.78, 5) is 40.2. The van der Waals surface area contributed by atoms with E-state index in [0.29, 0.717) is 5.92 Å². The number of carbonyl (C=O) groups excluding carboxylic acids is 3. The van der Waals surface area contributed by atoms with Crippen LogP contribution in [0.5, 0.6) is 0 Å². The van der Waals surface area contributed by atoms with Gasteiger partial charge in [-0.15, -0.1) is 0 Å². The van der Waals surface area contributed by atoms with Crippen LogP contribution in [0.3, 0.4) is 0 Å². The second kappa shape index (κ2) is 11.0. The quantitative estimate of drug-likeness (QED) is 0.268. The van der Waals surface area contributed by atoms with Crippen LogP contribution in [0.25, 0.3) is 6.08 Å². The number of benzene rings is 2. The number of hydrogen-bond donors (Lipinski definition) is 1. The lowest BCUT2D eigenvalue weighted by Crippen LogP contribution is -2.33. The zero-order chi connectivity index (χ0) is 23.1. The van der Waals surface area contributed by atoms with Gasteiger partial charge in [0, 0.05) is 6.54 Å². The van der Waals surface area contributed by atoms with Crippen molar-refractivity contribution in [2.75, 3.05) is 26.4 Å².